The number of carbonyl (C=O) groups excluding carboxylic acids is 1. The number of nitrogens with two attached hydrogens (primary N) is 1. The Labute approximate surface area is 119 Å². The number of primary sulfonamides is 1. The SMILES string of the molecule is Cc1cnoc1C(=O)Nc1cc(S(N)(=O)=O)ccc1Cl. The molecule has 9 heteroatoms. The number of carbonyl (C=O) groups is 1. The van der Waals surface area contributed by atoms with Crippen molar-refractivity contribution in [2.24, 2.45) is 5.14 Å². The van der Waals surface area contributed by atoms with Gasteiger partial charge in [-0.05, 0) is 25.1 Å². The lowest BCUT2D eigenvalue weighted by molar-refractivity contribution is 0.0987. The first-order valence-corrected chi connectivity index (χ1v) is 7.26. The summed E-state index contributed by atoms with van der Waals surface area (Å²) in [5.74, 6) is -0.574. The molecule has 20 heavy (non-hydrogen) atoms. The van der Waals surface area contributed by atoms with Gasteiger partial charge in [-0.15, -0.1) is 0 Å². The van der Waals surface area contributed by atoms with Crippen molar-refractivity contribution in [3.8, 4) is 0 Å². The number of rotatable bonds is 3. The highest BCUT2D eigenvalue weighted by molar-refractivity contribution is 7.89. The van der Waals surface area contributed by atoms with Crippen LogP contribution in [0.3, 0.4) is 0 Å². The monoisotopic (exact) mass is 315 g/mol. The molecule has 0 fully saturated rings. The number of aryl methyl sites for hydroxylation is 1. The smallest absolute Gasteiger partial charge is 0.294 e. The van der Waals surface area contributed by atoms with Gasteiger partial charge in [-0.3, -0.25) is 4.79 Å². The van der Waals surface area contributed by atoms with Crippen LogP contribution >= 0.6 is 11.6 Å². The number of hydrogen-bond donors (Lipinski definition) is 2. The van der Waals surface area contributed by atoms with E-state index in [1.165, 1.54) is 24.4 Å². The fourth-order valence-electron chi connectivity index (χ4n) is 1.47. The van der Waals surface area contributed by atoms with Crippen LogP contribution in [0.2, 0.25) is 5.02 Å². The summed E-state index contributed by atoms with van der Waals surface area (Å²) in [6.45, 7) is 1.65. The maximum Gasteiger partial charge on any atom is 0.294 e. The Morgan fingerprint density at radius 1 is 1.45 bits per heavy atom. The molecule has 2 rings (SSSR count). The van der Waals surface area contributed by atoms with Gasteiger partial charge in [-0.2, -0.15) is 0 Å². The molecule has 0 saturated carbocycles. The van der Waals surface area contributed by atoms with Gasteiger partial charge < -0.3 is 9.84 Å². The zero-order chi connectivity index (χ0) is 14.9. The summed E-state index contributed by atoms with van der Waals surface area (Å²) >= 11 is 5.89. The van der Waals surface area contributed by atoms with Gasteiger partial charge in [-0.1, -0.05) is 16.8 Å². The van der Waals surface area contributed by atoms with Crippen LogP contribution < -0.4 is 10.5 Å². The molecule has 0 spiro atoms. The third kappa shape index (κ3) is 2.98. The molecule has 0 aliphatic rings. The van der Waals surface area contributed by atoms with Gasteiger partial charge in [0.15, 0.2) is 0 Å². The van der Waals surface area contributed by atoms with E-state index in [0.717, 1.165) is 0 Å². The molecule has 0 unspecified atom stereocenters. The molecule has 1 aromatic heterocycles. The highest BCUT2D eigenvalue weighted by Crippen LogP contribution is 2.25. The average molecular weight is 316 g/mol. The molecule has 0 aliphatic carbocycles. The van der Waals surface area contributed by atoms with Crippen molar-refractivity contribution in [2.75, 3.05) is 5.32 Å². The maximum absolute atomic E-state index is 11.9. The van der Waals surface area contributed by atoms with E-state index < -0.39 is 15.9 Å². The van der Waals surface area contributed by atoms with E-state index in [0.29, 0.717) is 5.56 Å². The molecule has 0 bridgehead atoms. The van der Waals surface area contributed by atoms with E-state index >= 15 is 0 Å². The predicted molar refractivity (Wildman–Crippen MR) is 72.0 cm³/mol. The van der Waals surface area contributed by atoms with Crippen molar-refractivity contribution >= 4 is 33.2 Å². The third-order valence-electron chi connectivity index (χ3n) is 2.47. The first-order chi connectivity index (χ1) is 9.29. The van der Waals surface area contributed by atoms with Crippen LogP contribution in [0.4, 0.5) is 5.69 Å². The fraction of sp³-hybridized carbons (Fsp3) is 0.0909. The largest absolute Gasteiger partial charge is 0.351 e. The molecule has 1 aromatic carbocycles. The summed E-state index contributed by atoms with van der Waals surface area (Å²) in [6.07, 6.45) is 1.39. The Morgan fingerprint density at radius 2 is 2.15 bits per heavy atom. The summed E-state index contributed by atoms with van der Waals surface area (Å²) in [5.41, 5.74) is 0.653. The number of benzene rings is 1. The number of halogens is 1. The maximum atomic E-state index is 11.9. The summed E-state index contributed by atoms with van der Waals surface area (Å²) in [4.78, 5) is 11.8. The summed E-state index contributed by atoms with van der Waals surface area (Å²) in [6, 6.07) is 3.73. The van der Waals surface area contributed by atoms with Crippen molar-refractivity contribution in [2.45, 2.75) is 11.8 Å². The average Bonchev–Trinajstić information content (AvgIpc) is 2.77. The van der Waals surface area contributed by atoms with Gasteiger partial charge >= 0.3 is 0 Å². The third-order valence-corrected chi connectivity index (χ3v) is 3.71. The van der Waals surface area contributed by atoms with Crippen molar-refractivity contribution in [3.05, 3.63) is 40.7 Å². The summed E-state index contributed by atoms with van der Waals surface area (Å²) in [7, 11) is -3.89. The van der Waals surface area contributed by atoms with Gasteiger partial charge in [0.2, 0.25) is 15.8 Å². The molecule has 1 amide bonds. The summed E-state index contributed by atoms with van der Waals surface area (Å²) in [5, 5.41) is 11.1. The molecular formula is C11H10ClN3O4S. The number of nitrogens with zero attached hydrogens (tertiary/aromatic N) is 1. The van der Waals surface area contributed by atoms with Gasteiger partial charge in [0.05, 0.1) is 21.8 Å². The van der Waals surface area contributed by atoms with Crippen LogP contribution in [-0.2, 0) is 10.0 Å². The number of aromatic nitrogens is 1. The van der Waals surface area contributed by atoms with Crippen molar-refractivity contribution in [1.82, 2.24) is 5.16 Å². The number of sulfonamides is 1. The molecule has 0 aliphatic heterocycles. The highest BCUT2D eigenvalue weighted by atomic mass is 35.5. The van der Waals surface area contributed by atoms with Crippen molar-refractivity contribution in [3.63, 3.8) is 0 Å². The van der Waals surface area contributed by atoms with Crippen LogP contribution in [0.15, 0.2) is 33.8 Å². The second kappa shape index (κ2) is 5.23. The minimum atomic E-state index is -3.89. The molecule has 1 heterocycles. The van der Waals surface area contributed by atoms with Crippen LogP contribution in [0, 0.1) is 6.92 Å². The molecule has 0 atom stereocenters. The number of nitrogens with one attached hydrogen (secondary N) is 1. The second-order valence-corrected chi connectivity index (χ2v) is 5.95. The predicted octanol–water partition coefficient (Wildman–Crippen LogP) is 1.54. The van der Waals surface area contributed by atoms with Crippen molar-refractivity contribution in [1.29, 1.82) is 0 Å². The Morgan fingerprint density at radius 3 is 2.70 bits per heavy atom. The lowest BCUT2D eigenvalue weighted by atomic mass is 10.2. The number of hydrogen-bond acceptors (Lipinski definition) is 5. The lowest BCUT2D eigenvalue weighted by Crippen LogP contribution is -2.15. The zero-order valence-electron chi connectivity index (χ0n) is 10.3. The highest BCUT2D eigenvalue weighted by Gasteiger charge is 2.17. The van der Waals surface area contributed by atoms with Crippen molar-refractivity contribution < 1.29 is 17.7 Å². The van der Waals surface area contributed by atoms with Gasteiger partial charge in [0.1, 0.15) is 0 Å². The van der Waals surface area contributed by atoms with Gasteiger partial charge in [0, 0.05) is 5.56 Å². The molecule has 0 saturated heterocycles. The quantitative estimate of drug-likeness (QED) is 0.891. The van der Waals surface area contributed by atoms with E-state index in [4.69, 9.17) is 21.3 Å². The Hall–Kier alpha value is -1.90. The zero-order valence-corrected chi connectivity index (χ0v) is 11.8. The summed E-state index contributed by atoms with van der Waals surface area (Å²) < 4.78 is 27.3. The van der Waals surface area contributed by atoms with E-state index in [2.05, 4.69) is 10.5 Å². The first kappa shape index (κ1) is 14.5. The number of amides is 1. The Balaban J connectivity index is 2.34. The van der Waals surface area contributed by atoms with Crippen LogP contribution in [0.5, 0.6) is 0 Å². The van der Waals surface area contributed by atoms with Gasteiger partial charge in [-0.25, -0.2) is 13.6 Å². The standard InChI is InChI=1S/C11H10ClN3O4S/c1-6-5-14-19-10(6)11(16)15-9-4-7(20(13,17)18)2-3-8(9)12/h2-5H,1H3,(H,15,16)(H2,13,17,18). The normalized spacial score (nSPS) is 11.3. The van der Waals surface area contributed by atoms with Gasteiger partial charge in [0.25, 0.3) is 5.91 Å². The van der Waals surface area contributed by atoms with Crippen LogP contribution in [-0.4, -0.2) is 19.5 Å². The van der Waals surface area contributed by atoms with Crippen LogP contribution in [0.1, 0.15) is 16.1 Å². The topological polar surface area (TPSA) is 115 Å². The molecule has 0 radical (unpaired) electrons. The minimum Gasteiger partial charge on any atom is -0.351 e. The van der Waals surface area contributed by atoms with E-state index in [9.17, 15) is 13.2 Å². The van der Waals surface area contributed by atoms with E-state index in [1.807, 2.05) is 0 Å². The molecule has 106 valence electrons. The first-order valence-electron chi connectivity index (χ1n) is 5.34. The Bertz CT molecular complexity index is 770. The molecule has 2 aromatic rings. The number of anilines is 1. The molecule has 3 N–H and O–H groups in total. The lowest BCUT2D eigenvalue weighted by Gasteiger charge is -2.07. The fourth-order valence-corrected chi connectivity index (χ4v) is 2.17. The minimum absolute atomic E-state index is 0.0158. The van der Waals surface area contributed by atoms with E-state index in [-0.39, 0.29) is 21.4 Å². The molecular weight excluding hydrogens is 306 g/mol. The Kier molecular flexibility index (Phi) is 3.80. The molecule has 7 nitrogen and oxygen atoms in total. The van der Waals surface area contributed by atoms with E-state index in [1.54, 1.807) is 6.92 Å². The van der Waals surface area contributed by atoms with Crippen LogP contribution in [0.25, 0.3) is 0 Å². The second-order valence-electron chi connectivity index (χ2n) is 3.98.